The van der Waals surface area contributed by atoms with Crippen molar-refractivity contribution in [1.82, 2.24) is 10.1 Å². The topological polar surface area (TPSA) is 148 Å². The average Bonchev–Trinajstić information content (AvgIpc) is 3.26. The summed E-state index contributed by atoms with van der Waals surface area (Å²) in [5, 5.41) is 4.10. The van der Waals surface area contributed by atoms with Crippen LogP contribution in [0.2, 0.25) is 0 Å². The van der Waals surface area contributed by atoms with E-state index in [1.165, 1.54) is 10.8 Å². The zero-order valence-corrected chi connectivity index (χ0v) is 19.5. The van der Waals surface area contributed by atoms with Gasteiger partial charge in [0.1, 0.15) is 12.2 Å². The number of ether oxygens (including phenoxy) is 1. The van der Waals surface area contributed by atoms with Crippen molar-refractivity contribution in [2.24, 2.45) is 0 Å². The SMILES string of the molecule is Cl.Nc1c(-c2cc(Cc3ccc(COc4ccccn4)cc3)no2)ccc[n+]1COP(=O)([O-])O. The van der Waals surface area contributed by atoms with Gasteiger partial charge in [0.05, 0.1) is 11.9 Å². The van der Waals surface area contributed by atoms with Gasteiger partial charge < -0.3 is 19.0 Å². The number of nitrogen functional groups attached to an aromatic ring is 1. The summed E-state index contributed by atoms with van der Waals surface area (Å²) < 4.78 is 27.7. The van der Waals surface area contributed by atoms with Crippen molar-refractivity contribution in [1.29, 1.82) is 0 Å². The van der Waals surface area contributed by atoms with Crippen molar-refractivity contribution < 1.29 is 32.7 Å². The molecule has 0 aliphatic heterocycles. The standard InChI is InChI=1S/C22H21N4O6P.ClH/c23-22-19(4-3-11-26(22)15-31-33(27,28)29)20-13-18(25-32-20)12-16-6-8-17(9-7-16)14-30-21-5-1-2-10-24-21;/h1-11,13,23H,12,14-15H2,(H2,27,28,29);1H. The Morgan fingerprint density at radius 2 is 1.88 bits per heavy atom. The minimum atomic E-state index is -4.87. The fraction of sp³-hybridized carbons (Fsp3) is 0.136. The monoisotopic (exact) mass is 504 g/mol. The van der Waals surface area contributed by atoms with Crippen LogP contribution in [0.3, 0.4) is 0 Å². The van der Waals surface area contributed by atoms with Crippen molar-refractivity contribution in [2.45, 2.75) is 19.8 Å². The summed E-state index contributed by atoms with van der Waals surface area (Å²) in [4.78, 5) is 23.8. The smallest absolute Gasteiger partial charge is 0.285 e. The summed E-state index contributed by atoms with van der Waals surface area (Å²) >= 11 is 0. The third-order valence-electron chi connectivity index (χ3n) is 4.73. The van der Waals surface area contributed by atoms with E-state index in [4.69, 9.17) is 19.9 Å². The zero-order chi connectivity index (χ0) is 23.3. The molecule has 0 saturated heterocycles. The van der Waals surface area contributed by atoms with Crippen LogP contribution < -0.4 is 19.9 Å². The lowest BCUT2D eigenvalue weighted by atomic mass is 10.1. The van der Waals surface area contributed by atoms with Crippen LogP contribution in [0.4, 0.5) is 5.82 Å². The van der Waals surface area contributed by atoms with Gasteiger partial charge in [-0.2, -0.15) is 0 Å². The van der Waals surface area contributed by atoms with E-state index in [-0.39, 0.29) is 18.2 Å². The van der Waals surface area contributed by atoms with Crippen LogP contribution in [0.15, 0.2) is 77.6 Å². The van der Waals surface area contributed by atoms with E-state index in [0.29, 0.717) is 35.9 Å². The molecule has 0 aliphatic rings. The molecule has 0 fully saturated rings. The number of benzene rings is 1. The summed E-state index contributed by atoms with van der Waals surface area (Å²) in [7, 11) is -4.87. The largest absolute Gasteiger partial charge is 0.756 e. The third-order valence-corrected chi connectivity index (χ3v) is 5.17. The van der Waals surface area contributed by atoms with Crippen LogP contribution in [-0.2, 0) is 28.8 Å². The van der Waals surface area contributed by atoms with Gasteiger partial charge in [0.25, 0.3) is 13.6 Å². The van der Waals surface area contributed by atoms with Crippen LogP contribution in [0.5, 0.6) is 5.88 Å². The summed E-state index contributed by atoms with van der Waals surface area (Å²) in [6, 6.07) is 18.6. The highest BCUT2D eigenvalue weighted by molar-refractivity contribution is 7.44. The average molecular weight is 505 g/mol. The minimum Gasteiger partial charge on any atom is -0.756 e. The molecule has 4 aromatic rings. The molecule has 1 atom stereocenters. The Hall–Kier alpha value is -3.27. The second-order valence-corrected chi connectivity index (χ2v) is 8.33. The molecule has 0 aliphatic carbocycles. The van der Waals surface area contributed by atoms with Crippen LogP contribution in [0.1, 0.15) is 16.8 Å². The van der Waals surface area contributed by atoms with E-state index in [9.17, 15) is 9.46 Å². The second-order valence-electron chi connectivity index (χ2n) is 7.14. The lowest BCUT2D eigenvalue weighted by Gasteiger charge is -2.14. The van der Waals surface area contributed by atoms with E-state index in [2.05, 4.69) is 14.7 Å². The third kappa shape index (κ3) is 6.86. The van der Waals surface area contributed by atoms with Crippen LogP contribution in [-0.4, -0.2) is 15.0 Å². The summed E-state index contributed by atoms with van der Waals surface area (Å²) in [5.74, 6) is 1.20. The minimum absolute atomic E-state index is 0. The summed E-state index contributed by atoms with van der Waals surface area (Å²) in [6.45, 7) is -0.0468. The summed E-state index contributed by atoms with van der Waals surface area (Å²) in [6.07, 6.45) is 3.75. The van der Waals surface area contributed by atoms with Gasteiger partial charge in [-0.15, -0.1) is 12.4 Å². The van der Waals surface area contributed by atoms with Crippen LogP contribution in [0.25, 0.3) is 11.3 Å². The van der Waals surface area contributed by atoms with Crippen LogP contribution in [0, 0.1) is 0 Å². The van der Waals surface area contributed by atoms with Crippen LogP contribution >= 0.6 is 20.2 Å². The van der Waals surface area contributed by atoms with Crippen molar-refractivity contribution >= 4 is 26.0 Å². The highest BCUT2D eigenvalue weighted by Crippen LogP contribution is 2.30. The van der Waals surface area contributed by atoms with Gasteiger partial charge in [0.2, 0.25) is 5.88 Å². The Morgan fingerprint density at radius 1 is 1.12 bits per heavy atom. The molecular formula is C22H22ClN4O6P. The number of pyridine rings is 2. The van der Waals surface area contributed by atoms with E-state index in [1.807, 2.05) is 36.4 Å². The Balaban J connectivity index is 0.00000324. The van der Waals surface area contributed by atoms with Crippen molar-refractivity contribution in [3.8, 4) is 17.2 Å². The molecule has 0 amide bonds. The molecule has 4 rings (SSSR count). The fourth-order valence-corrected chi connectivity index (χ4v) is 3.36. The first-order valence-electron chi connectivity index (χ1n) is 9.91. The normalized spacial score (nSPS) is 12.5. The number of anilines is 1. The molecule has 3 N–H and O–H groups in total. The molecule has 0 spiro atoms. The predicted octanol–water partition coefficient (Wildman–Crippen LogP) is 2.63. The maximum Gasteiger partial charge on any atom is 0.285 e. The number of nitrogens with two attached hydrogens (primary N) is 1. The Kier molecular flexibility index (Phi) is 8.38. The second kappa shape index (κ2) is 11.2. The predicted molar refractivity (Wildman–Crippen MR) is 123 cm³/mol. The van der Waals surface area contributed by atoms with Gasteiger partial charge in [-0.05, 0) is 29.3 Å². The quantitative estimate of drug-likeness (QED) is 0.259. The molecule has 0 bridgehead atoms. The molecular weight excluding hydrogens is 483 g/mol. The highest BCUT2D eigenvalue weighted by Gasteiger charge is 2.18. The number of phosphoric ester groups is 1. The van der Waals surface area contributed by atoms with Gasteiger partial charge in [-0.1, -0.05) is 35.5 Å². The number of hydrogen-bond acceptors (Lipinski definition) is 8. The number of hydrogen-bond donors (Lipinski definition) is 2. The first kappa shape index (κ1) is 25.4. The van der Waals surface area contributed by atoms with E-state index < -0.39 is 14.6 Å². The maximum absolute atomic E-state index is 10.8. The lowest BCUT2D eigenvalue weighted by molar-refractivity contribution is -0.712. The van der Waals surface area contributed by atoms with Gasteiger partial charge in [-0.25, -0.2) is 9.55 Å². The number of halogens is 1. The molecule has 3 heterocycles. The molecule has 3 aromatic heterocycles. The Morgan fingerprint density at radius 3 is 2.59 bits per heavy atom. The van der Waals surface area contributed by atoms with Crippen molar-refractivity contribution in [3.63, 3.8) is 0 Å². The Labute approximate surface area is 201 Å². The highest BCUT2D eigenvalue weighted by atomic mass is 35.5. The van der Waals surface area contributed by atoms with Crippen molar-refractivity contribution in [2.75, 3.05) is 5.73 Å². The number of phosphoric acid groups is 1. The zero-order valence-electron chi connectivity index (χ0n) is 17.8. The molecule has 0 radical (unpaired) electrons. The fourth-order valence-electron chi connectivity index (χ4n) is 3.09. The molecule has 1 unspecified atom stereocenters. The Bertz CT molecular complexity index is 1260. The number of rotatable bonds is 9. The molecule has 12 heteroatoms. The van der Waals surface area contributed by atoms with E-state index in [1.54, 1.807) is 30.5 Å². The summed E-state index contributed by atoms with van der Waals surface area (Å²) in [5.41, 5.74) is 9.37. The van der Waals surface area contributed by atoms with E-state index >= 15 is 0 Å². The lowest BCUT2D eigenvalue weighted by Crippen LogP contribution is -2.38. The van der Waals surface area contributed by atoms with Crippen molar-refractivity contribution in [3.05, 3.63) is 89.9 Å². The molecule has 0 saturated carbocycles. The molecule has 1 aromatic carbocycles. The van der Waals surface area contributed by atoms with Gasteiger partial charge >= 0.3 is 0 Å². The molecule has 178 valence electrons. The number of nitrogens with zero attached hydrogens (tertiary/aromatic N) is 3. The van der Waals surface area contributed by atoms with E-state index in [0.717, 1.165) is 11.1 Å². The van der Waals surface area contributed by atoms with Gasteiger partial charge in [0.15, 0.2) is 12.5 Å². The van der Waals surface area contributed by atoms with Gasteiger partial charge in [-0.3, -0.25) is 14.8 Å². The first-order valence-corrected chi connectivity index (χ1v) is 11.4. The van der Waals surface area contributed by atoms with Gasteiger partial charge in [0, 0.05) is 24.8 Å². The molecule has 10 nitrogen and oxygen atoms in total. The maximum atomic E-state index is 10.8. The first-order chi connectivity index (χ1) is 15.9. The molecule has 34 heavy (non-hydrogen) atoms. The number of aromatic nitrogens is 3.